The number of amides is 1. The quantitative estimate of drug-likeness (QED) is 0.515. The van der Waals surface area contributed by atoms with Crippen LogP contribution < -0.4 is 15.4 Å². The molecule has 0 aromatic heterocycles. The molecule has 1 saturated heterocycles. The molecule has 8 heteroatoms. The minimum Gasteiger partial charge on any atom is -0.379 e. The van der Waals surface area contributed by atoms with Crippen LogP contribution in [0.5, 0.6) is 0 Å². The van der Waals surface area contributed by atoms with Crippen molar-refractivity contribution >= 4 is 15.9 Å². The highest BCUT2D eigenvalue weighted by molar-refractivity contribution is 7.89. The van der Waals surface area contributed by atoms with E-state index >= 15 is 0 Å². The fourth-order valence-corrected chi connectivity index (χ4v) is 2.96. The standard InChI is InChI=1S/C11H23N3O4S/c1-3-12-10-8-18-7-9(10)11(15)13-5-6-19(16,17)14-4-2/h9-10,12,14H,3-8H2,1-2H3,(H,13,15). The summed E-state index contributed by atoms with van der Waals surface area (Å²) in [7, 11) is -3.29. The van der Waals surface area contributed by atoms with Gasteiger partial charge in [-0.3, -0.25) is 4.79 Å². The van der Waals surface area contributed by atoms with Gasteiger partial charge in [0.15, 0.2) is 0 Å². The van der Waals surface area contributed by atoms with Crippen LogP contribution in [0.3, 0.4) is 0 Å². The van der Waals surface area contributed by atoms with E-state index in [0.717, 1.165) is 6.54 Å². The number of carbonyl (C=O) groups is 1. The zero-order valence-corrected chi connectivity index (χ0v) is 12.3. The van der Waals surface area contributed by atoms with Crippen LogP contribution in [0.25, 0.3) is 0 Å². The highest BCUT2D eigenvalue weighted by Crippen LogP contribution is 2.13. The fraction of sp³-hybridized carbons (Fsp3) is 0.909. The van der Waals surface area contributed by atoms with Gasteiger partial charge in [-0.1, -0.05) is 13.8 Å². The minimum atomic E-state index is -3.29. The molecule has 0 aliphatic carbocycles. The molecule has 3 N–H and O–H groups in total. The average molecular weight is 293 g/mol. The highest BCUT2D eigenvalue weighted by Gasteiger charge is 2.33. The Labute approximate surface area is 114 Å². The van der Waals surface area contributed by atoms with Crippen molar-refractivity contribution in [2.45, 2.75) is 19.9 Å². The number of sulfonamides is 1. The van der Waals surface area contributed by atoms with Crippen LogP contribution in [0.4, 0.5) is 0 Å². The Balaban J connectivity index is 2.35. The second-order valence-electron chi connectivity index (χ2n) is 4.42. The number of carbonyl (C=O) groups excluding carboxylic acids is 1. The van der Waals surface area contributed by atoms with Crippen LogP contribution >= 0.6 is 0 Å². The molecule has 7 nitrogen and oxygen atoms in total. The van der Waals surface area contributed by atoms with Crippen molar-refractivity contribution in [3.05, 3.63) is 0 Å². The van der Waals surface area contributed by atoms with Crippen molar-refractivity contribution in [3.8, 4) is 0 Å². The summed E-state index contributed by atoms with van der Waals surface area (Å²) in [5.41, 5.74) is 0. The zero-order valence-electron chi connectivity index (χ0n) is 11.4. The van der Waals surface area contributed by atoms with E-state index in [1.165, 1.54) is 0 Å². The van der Waals surface area contributed by atoms with Gasteiger partial charge in [-0.05, 0) is 6.54 Å². The fourth-order valence-electron chi connectivity index (χ4n) is 2.01. The molecule has 0 saturated carbocycles. The Kier molecular flexibility index (Phi) is 6.70. The van der Waals surface area contributed by atoms with Crippen molar-refractivity contribution < 1.29 is 17.9 Å². The molecule has 19 heavy (non-hydrogen) atoms. The third kappa shape index (κ3) is 5.43. The molecule has 1 aliphatic heterocycles. The number of likely N-dealkylation sites (N-methyl/N-ethyl adjacent to an activating group) is 1. The summed E-state index contributed by atoms with van der Waals surface area (Å²) in [6.45, 7) is 5.82. The maximum Gasteiger partial charge on any atom is 0.227 e. The first-order chi connectivity index (χ1) is 9.00. The van der Waals surface area contributed by atoms with Gasteiger partial charge in [-0.25, -0.2) is 13.1 Å². The maximum absolute atomic E-state index is 11.9. The van der Waals surface area contributed by atoms with Crippen molar-refractivity contribution in [2.75, 3.05) is 38.6 Å². The Morgan fingerprint density at radius 1 is 1.26 bits per heavy atom. The molecule has 0 bridgehead atoms. The topological polar surface area (TPSA) is 96.5 Å². The van der Waals surface area contributed by atoms with E-state index in [9.17, 15) is 13.2 Å². The highest BCUT2D eigenvalue weighted by atomic mass is 32.2. The Morgan fingerprint density at radius 2 is 2.00 bits per heavy atom. The minimum absolute atomic E-state index is 0.00961. The van der Waals surface area contributed by atoms with Crippen LogP contribution in [0.2, 0.25) is 0 Å². The van der Waals surface area contributed by atoms with Gasteiger partial charge < -0.3 is 15.4 Å². The van der Waals surface area contributed by atoms with Crippen LogP contribution in [-0.2, 0) is 19.6 Å². The summed E-state index contributed by atoms with van der Waals surface area (Å²) >= 11 is 0. The molecule has 0 spiro atoms. The third-order valence-electron chi connectivity index (χ3n) is 2.92. The Hall–Kier alpha value is -0.700. The van der Waals surface area contributed by atoms with E-state index in [1.54, 1.807) is 6.92 Å². The van der Waals surface area contributed by atoms with Crippen molar-refractivity contribution in [3.63, 3.8) is 0 Å². The molecule has 1 aliphatic rings. The third-order valence-corrected chi connectivity index (χ3v) is 4.39. The monoisotopic (exact) mass is 293 g/mol. The Bertz CT molecular complexity index is 385. The van der Waals surface area contributed by atoms with Gasteiger partial charge in [0, 0.05) is 19.1 Å². The predicted octanol–water partition coefficient (Wildman–Crippen LogP) is -1.33. The second-order valence-corrected chi connectivity index (χ2v) is 6.34. The lowest BCUT2D eigenvalue weighted by Crippen LogP contribution is -2.45. The van der Waals surface area contributed by atoms with E-state index in [0.29, 0.717) is 19.8 Å². The summed E-state index contributed by atoms with van der Waals surface area (Å²) in [6.07, 6.45) is 0. The van der Waals surface area contributed by atoms with Gasteiger partial charge in [0.25, 0.3) is 0 Å². The molecular formula is C11H23N3O4S. The molecular weight excluding hydrogens is 270 g/mol. The molecule has 1 rings (SSSR count). The van der Waals surface area contributed by atoms with Gasteiger partial charge in [0.1, 0.15) is 0 Å². The van der Waals surface area contributed by atoms with E-state index < -0.39 is 10.0 Å². The Morgan fingerprint density at radius 3 is 2.63 bits per heavy atom. The molecule has 1 heterocycles. The van der Waals surface area contributed by atoms with Gasteiger partial charge in [0.2, 0.25) is 15.9 Å². The smallest absolute Gasteiger partial charge is 0.227 e. The molecule has 2 atom stereocenters. The van der Waals surface area contributed by atoms with Crippen molar-refractivity contribution in [1.29, 1.82) is 0 Å². The summed E-state index contributed by atoms with van der Waals surface area (Å²) in [5.74, 6) is -0.511. The molecule has 1 fully saturated rings. The molecule has 0 radical (unpaired) electrons. The number of ether oxygens (including phenoxy) is 1. The van der Waals surface area contributed by atoms with Crippen LogP contribution in [-0.4, -0.2) is 59.0 Å². The summed E-state index contributed by atoms with van der Waals surface area (Å²) < 4.78 is 30.5. The molecule has 0 aromatic carbocycles. The van der Waals surface area contributed by atoms with Gasteiger partial charge in [-0.2, -0.15) is 0 Å². The maximum atomic E-state index is 11.9. The lowest BCUT2D eigenvalue weighted by Gasteiger charge is -2.17. The lowest BCUT2D eigenvalue weighted by molar-refractivity contribution is -0.125. The van der Waals surface area contributed by atoms with Crippen LogP contribution in [0, 0.1) is 5.92 Å². The first-order valence-electron chi connectivity index (χ1n) is 6.56. The van der Waals surface area contributed by atoms with Crippen LogP contribution in [0.15, 0.2) is 0 Å². The molecule has 2 unspecified atom stereocenters. The molecule has 112 valence electrons. The average Bonchev–Trinajstić information content (AvgIpc) is 2.77. The number of rotatable bonds is 8. The lowest BCUT2D eigenvalue weighted by atomic mass is 10.0. The van der Waals surface area contributed by atoms with E-state index in [-0.39, 0.29) is 30.2 Å². The molecule has 0 aromatic rings. The van der Waals surface area contributed by atoms with Crippen molar-refractivity contribution in [1.82, 2.24) is 15.4 Å². The summed E-state index contributed by atoms with van der Waals surface area (Å²) in [4.78, 5) is 11.9. The predicted molar refractivity (Wildman–Crippen MR) is 72.2 cm³/mol. The zero-order chi connectivity index (χ0) is 14.3. The van der Waals surface area contributed by atoms with Crippen molar-refractivity contribution in [2.24, 2.45) is 5.92 Å². The summed E-state index contributed by atoms with van der Waals surface area (Å²) in [6, 6.07) is 0.00961. The first kappa shape index (κ1) is 16.4. The van der Waals surface area contributed by atoms with E-state index in [4.69, 9.17) is 4.74 Å². The molecule has 1 amide bonds. The van der Waals surface area contributed by atoms with E-state index in [1.807, 2.05) is 6.92 Å². The van der Waals surface area contributed by atoms with Gasteiger partial charge in [0.05, 0.1) is 24.9 Å². The first-order valence-corrected chi connectivity index (χ1v) is 8.21. The number of nitrogens with one attached hydrogen (secondary N) is 3. The second kappa shape index (κ2) is 7.78. The van der Waals surface area contributed by atoms with Crippen LogP contribution in [0.1, 0.15) is 13.8 Å². The largest absolute Gasteiger partial charge is 0.379 e. The number of hydrogen-bond donors (Lipinski definition) is 3. The summed E-state index contributed by atoms with van der Waals surface area (Å²) in [5, 5.41) is 5.84. The SMILES string of the molecule is CCNC1COCC1C(=O)NCCS(=O)(=O)NCC. The number of hydrogen-bond acceptors (Lipinski definition) is 5. The van der Waals surface area contributed by atoms with Gasteiger partial charge >= 0.3 is 0 Å². The van der Waals surface area contributed by atoms with Gasteiger partial charge in [-0.15, -0.1) is 0 Å². The van der Waals surface area contributed by atoms with E-state index in [2.05, 4.69) is 15.4 Å². The normalized spacial score (nSPS) is 23.5.